The molecule has 7 heteroatoms. The Hall–Kier alpha value is -2.05. The van der Waals surface area contributed by atoms with Crippen LogP contribution in [0.4, 0.5) is 13.2 Å². The van der Waals surface area contributed by atoms with Crippen molar-refractivity contribution in [2.45, 2.75) is 44.8 Å². The van der Waals surface area contributed by atoms with Crippen molar-refractivity contribution in [2.75, 3.05) is 6.61 Å². The van der Waals surface area contributed by atoms with Gasteiger partial charge in [-0.1, -0.05) is 43.2 Å². The van der Waals surface area contributed by atoms with Gasteiger partial charge in [-0.05, 0) is 25.3 Å². The zero-order valence-corrected chi connectivity index (χ0v) is 14.0. The highest BCUT2D eigenvalue weighted by Gasteiger charge is 2.39. The molecule has 1 amide bonds. The van der Waals surface area contributed by atoms with E-state index in [4.69, 9.17) is 0 Å². The molecule has 0 heterocycles. The van der Waals surface area contributed by atoms with Crippen LogP contribution in [0.1, 0.15) is 44.2 Å². The summed E-state index contributed by atoms with van der Waals surface area (Å²) in [6, 6.07) is 9.09. The molecule has 4 nitrogen and oxygen atoms in total. The summed E-state index contributed by atoms with van der Waals surface area (Å²) in [7, 11) is 0. The molecule has 0 aromatic heterocycles. The van der Waals surface area contributed by atoms with Gasteiger partial charge < -0.3 is 10.1 Å². The fourth-order valence-corrected chi connectivity index (χ4v) is 3.13. The van der Waals surface area contributed by atoms with Gasteiger partial charge in [0.1, 0.15) is 0 Å². The molecule has 25 heavy (non-hydrogen) atoms. The van der Waals surface area contributed by atoms with Crippen LogP contribution in [0.5, 0.6) is 0 Å². The van der Waals surface area contributed by atoms with Crippen LogP contribution in [-0.2, 0) is 14.3 Å². The molecule has 138 valence electrons. The van der Waals surface area contributed by atoms with Crippen LogP contribution < -0.4 is 5.32 Å². The summed E-state index contributed by atoms with van der Waals surface area (Å²) in [6.45, 7) is 0.212. The van der Waals surface area contributed by atoms with Crippen molar-refractivity contribution in [3.63, 3.8) is 0 Å². The molecule has 0 spiro atoms. The number of hydrogen-bond acceptors (Lipinski definition) is 3. The van der Waals surface area contributed by atoms with Crippen molar-refractivity contribution in [1.29, 1.82) is 0 Å². The van der Waals surface area contributed by atoms with Crippen molar-refractivity contribution in [1.82, 2.24) is 5.32 Å². The Morgan fingerprint density at radius 2 is 1.76 bits per heavy atom. The van der Waals surface area contributed by atoms with E-state index in [1.165, 1.54) is 0 Å². The molecule has 1 saturated carbocycles. The first-order chi connectivity index (χ1) is 11.8. The van der Waals surface area contributed by atoms with Gasteiger partial charge in [-0.15, -0.1) is 0 Å². The van der Waals surface area contributed by atoms with E-state index in [1.807, 2.05) is 37.3 Å². The Balaban J connectivity index is 1.99. The van der Waals surface area contributed by atoms with E-state index in [0.29, 0.717) is 19.3 Å². The zero-order chi connectivity index (χ0) is 18.4. The van der Waals surface area contributed by atoms with Gasteiger partial charge in [-0.2, -0.15) is 13.2 Å². The third-order valence-electron chi connectivity index (χ3n) is 4.44. The van der Waals surface area contributed by atoms with E-state index in [1.54, 1.807) is 0 Å². The average molecular weight is 357 g/mol. The molecule has 1 aliphatic rings. The molecule has 1 N–H and O–H groups in total. The number of amides is 1. The van der Waals surface area contributed by atoms with E-state index in [9.17, 15) is 22.8 Å². The van der Waals surface area contributed by atoms with Crippen molar-refractivity contribution in [3.05, 3.63) is 35.9 Å². The summed E-state index contributed by atoms with van der Waals surface area (Å²) < 4.78 is 41.1. The van der Waals surface area contributed by atoms with Crippen LogP contribution >= 0.6 is 0 Å². The Morgan fingerprint density at radius 3 is 2.36 bits per heavy atom. The van der Waals surface area contributed by atoms with Gasteiger partial charge >= 0.3 is 12.1 Å². The lowest BCUT2D eigenvalue weighted by atomic mass is 9.78. The maximum absolute atomic E-state index is 12.6. The van der Waals surface area contributed by atoms with Gasteiger partial charge in [0.05, 0.1) is 17.9 Å². The number of rotatable bonds is 5. The number of benzene rings is 1. The Kier molecular flexibility index (Phi) is 6.45. The van der Waals surface area contributed by atoms with E-state index in [0.717, 1.165) is 12.0 Å². The topological polar surface area (TPSA) is 55.4 Å². The summed E-state index contributed by atoms with van der Waals surface area (Å²) in [5, 5.41) is 2.85. The number of nitrogens with one attached hydrogen (secondary N) is 1. The molecule has 0 radical (unpaired) electrons. The summed E-state index contributed by atoms with van der Waals surface area (Å²) >= 11 is 0. The molecule has 1 aliphatic carbocycles. The van der Waals surface area contributed by atoms with Gasteiger partial charge in [-0.3, -0.25) is 9.59 Å². The number of carbonyl (C=O) groups is 2. The predicted molar refractivity (Wildman–Crippen MR) is 85.5 cm³/mol. The zero-order valence-electron chi connectivity index (χ0n) is 14.0. The Morgan fingerprint density at radius 1 is 1.16 bits per heavy atom. The predicted octanol–water partition coefficient (Wildman–Crippen LogP) is 3.78. The van der Waals surface area contributed by atoms with Crippen LogP contribution in [0.2, 0.25) is 0 Å². The summed E-state index contributed by atoms with van der Waals surface area (Å²) in [5.74, 6) is -2.73. The average Bonchev–Trinajstić information content (AvgIpc) is 2.59. The fourth-order valence-electron chi connectivity index (χ4n) is 3.13. The quantitative estimate of drug-likeness (QED) is 0.816. The lowest BCUT2D eigenvalue weighted by molar-refractivity contribution is -0.191. The largest absolute Gasteiger partial charge is 0.456 e. The molecule has 1 aromatic carbocycles. The Bertz CT molecular complexity index is 589. The van der Waals surface area contributed by atoms with Gasteiger partial charge in [0.25, 0.3) is 0 Å². The first-order valence-corrected chi connectivity index (χ1v) is 8.36. The molecule has 0 bridgehead atoms. The third kappa shape index (κ3) is 5.76. The van der Waals surface area contributed by atoms with Crippen LogP contribution in [0.25, 0.3) is 0 Å². The maximum Gasteiger partial charge on any atom is 0.422 e. The molecule has 3 atom stereocenters. The second kappa shape index (κ2) is 8.36. The van der Waals surface area contributed by atoms with Gasteiger partial charge in [0, 0.05) is 0 Å². The number of alkyl halides is 3. The van der Waals surface area contributed by atoms with Crippen LogP contribution in [-0.4, -0.2) is 24.7 Å². The van der Waals surface area contributed by atoms with E-state index < -0.39 is 30.6 Å². The first kappa shape index (κ1) is 19.3. The van der Waals surface area contributed by atoms with E-state index in [-0.39, 0.29) is 11.9 Å². The minimum atomic E-state index is -4.57. The lowest BCUT2D eigenvalue weighted by Gasteiger charge is -2.30. The molecule has 1 aromatic rings. The van der Waals surface area contributed by atoms with Gasteiger partial charge in [0.15, 0.2) is 6.61 Å². The number of carbonyl (C=O) groups excluding carboxylic acids is 2. The standard InChI is InChI=1S/C18H22F3NO3/c1-12(13-7-3-2-4-8-13)22-16(23)14-9-5-6-10-15(14)17(24)25-11-18(19,20)21/h2-4,7-8,12,14-15H,5-6,9-11H2,1H3,(H,22,23). The summed E-state index contributed by atoms with van der Waals surface area (Å²) in [5.41, 5.74) is 0.919. The summed E-state index contributed by atoms with van der Waals surface area (Å²) in [4.78, 5) is 24.6. The minimum absolute atomic E-state index is 0.248. The number of hydrogen-bond donors (Lipinski definition) is 1. The Labute approximate surface area is 144 Å². The second-order valence-corrected chi connectivity index (χ2v) is 6.36. The van der Waals surface area contributed by atoms with Crippen molar-refractivity contribution in [2.24, 2.45) is 11.8 Å². The molecular formula is C18H22F3NO3. The highest BCUT2D eigenvalue weighted by atomic mass is 19.4. The van der Waals surface area contributed by atoms with Crippen molar-refractivity contribution < 1.29 is 27.5 Å². The van der Waals surface area contributed by atoms with Crippen LogP contribution in [0.3, 0.4) is 0 Å². The van der Waals surface area contributed by atoms with Crippen molar-refractivity contribution >= 4 is 11.9 Å². The fraction of sp³-hybridized carbons (Fsp3) is 0.556. The van der Waals surface area contributed by atoms with Gasteiger partial charge in [-0.25, -0.2) is 0 Å². The first-order valence-electron chi connectivity index (χ1n) is 8.36. The molecule has 2 rings (SSSR count). The monoisotopic (exact) mass is 357 g/mol. The van der Waals surface area contributed by atoms with Crippen molar-refractivity contribution in [3.8, 4) is 0 Å². The third-order valence-corrected chi connectivity index (χ3v) is 4.44. The molecule has 0 saturated heterocycles. The SMILES string of the molecule is CC(NC(=O)C1CCCCC1C(=O)OCC(F)(F)F)c1ccccc1. The maximum atomic E-state index is 12.6. The number of halogens is 3. The minimum Gasteiger partial charge on any atom is -0.456 e. The smallest absolute Gasteiger partial charge is 0.422 e. The van der Waals surface area contributed by atoms with Gasteiger partial charge in [0.2, 0.25) is 5.91 Å². The molecular weight excluding hydrogens is 335 g/mol. The lowest BCUT2D eigenvalue weighted by Crippen LogP contribution is -2.41. The van der Waals surface area contributed by atoms with Crippen LogP contribution in [0, 0.1) is 11.8 Å². The number of ether oxygens (including phenoxy) is 1. The highest BCUT2D eigenvalue weighted by Crippen LogP contribution is 2.32. The normalized spacial score (nSPS) is 22.1. The second-order valence-electron chi connectivity index (χ2n) is 6.36. The highest BCUT2D eigenvalue weighted by molar-refractivity contribution is 5.85. The van der Waals surface area contributed by atoms with Crippen LogP contribution in [0.15, 0.2) is 30.3 Å². The molecule has 1 fully saturated rings. The number of esters is 1. The van der Waals surface area contributed by atoms with E-state index >= 15 is 0 Å². The summed E-state index contributed by atoms with van der Waals surface area (Å²) in [6.07, 6.45) is -2.26. The van der Waals surface area contributed by atoms with E-state index in [2.05, 4.69) is 10.1 Å². The molecule has 3 unspecified atom stereocenters. The molecule has 0 aliphatic heterocycles.